The number of hydrogen-bond acceptors (Lipinski definition) is 7. The number of amides is 1. The molecule has 8 heteroatoms. The molecule has 1 aromatic carbocycles. The van der Waals surface area contributed by atoms with Crippen molar-refractivity contribution in [2.45, 2.75) is 25.8 Å². The predicted molar refractivity (Wildman–Crippen MR) is 109 cm³/mol. The van der Waals surface area contributed by atoms with Crippen molar-refractivity contribution in [3.63, 3.8) is 0 Å². The van der Waals surface area contributed by atoms with Gasteiger partial charge in [-0.15, -0.1) is 11.3 Å². The number of nitrogens with zero attached hydrogens (tertiary/aromatic N) is 2. The van der Waals surface area contributed by atoms with Gasteiger partial charge in [0.25, 0.3) is 0 Å². The number of anilines is 1. The molecule has 3 aromatic rings. The molecule has 2 aromatic heterocycles. The van der Waals surface area contributed by atoms with Crippen molar-refractivity contribution < 1.29 is 14.3 Å². The van der Waals surface area contributed by atoms with Crippen molar-refractivity contribution in [2.75, 3.05) is 18.2 Å². The summed E-state index contributed by atoms with van der Waals surface area (Å²) in [6.07, 6.45) is 0. The Morgan fingerprint density at radius 2 is 1.85 bits per heavy atom. The van der Waals surface area contributed by atoms with Gasteiger partial charge in [0, 0.05) is 16.0 Å². The van der Waals surface area contributed by atoms with E-state index in [0.29, 0.717) is 17.1 Å². The van der Waals surface area contributed by atoms with Crippen LogP contribution >= 0.6 is 23.1 Å². The number of aryl methyl sites for hydroxylation is 3. The van der Waals surface area contributed by atoms with Crippen molar-refractivity contribution in [2.24, 2.45) is 0 Å². The van der Waals surface area contributed by atoms with Gasteiger partial charge in [0.15, 0.2) is 0 Å². The molecule has 0 unspecified atom stereocenters. The van der Waals surface area contributed by atoms with Crippen molar-refractivity contribution in [3.05, 3.63) is 46.1 Å². The maximum Gasteiger partial charge on any atom is 0.337 e. The molecule has 2 heterocycles. The molecule has 0 spiro atoms. The van der Waals surface area contributed by atoms with Crippen LogP contribution in [0, 0.1) is 20.8 Å². The molecule has 1 N–H and O–H groups in total. The Balaban J connectivity index is 1.69. The number of thiophene rings is 1. The number of fused-ring (bicyclic) bond motifs is 1. The molecular weight excluding hydrogens is 382 g/mol. The Morgan fingerprint density at radius 3 is 2.52 bits per heavy atom. The number of carbonyl (C=O) groups excluding carboxylic acids is 2. The fraction of sp³-hybridized carbons (Fsp3) is 0.263. The number of rotatable bonds is 5. The molecule has 6 nitrogen and oxygen atoms in total. The van der Waals surface area contributed by atoms with E-state index in [1.807, 2.05) is 6.92 Å². The average Bonchev–Trinajstić information content (AvgIpc) is 2.93. The van der Waals surface area contributed by atoms with E-state index < -0.39 is 5.97 Å². The Hall–Kier alpha value is -2.45. The van der Waals surface area contributed by atoms with Crippen molar-refractivity contribution in [1.29, 1.82) is 0 Å². The Bertz CT molecular complexity index is 1010. The predicted octanol–water partition coefficient (Wildman–Crippen LogP) is 4.13. The number of nitrogens with one attached hydrogen (secondary N) is 1. The Kier molecular flexibility index (Phi) is 5.76. The molecule has 27 heavy (non-hydrogen) atoms. The molecule has 140 valence electrons. The lowest BCUT2D eigenvalue weighted by molar-refractivity contribution is -0.113. The molecule has 0 saturated heterocycles. The number of thioether (sulfide) groups is 1. The highest BCUT2D eigenvalue weighted by molar-refractivity contribution is 8.00. The minimum atomic E-state index is -0.409. The highest BCUT2D eigenvalue weighted by Crippen LogP contribution is 2.35. The fourth-order valence-electron chi connectivity index (χ4n) is 2.56. The van der Waals surface area contributed by atoms with Crippen LogP contribution in [0.15, 0.2) is 29.3 Å². The summed E-state index contributed by atoms with van der Waals surface area (Å²) in [6, 6.07) is 6.58. The normalized spacial score (nSPS) is 10.8. The number of benzene rings is 1. The van der Waals surface area contributed by atoms with E-state index in [0.717, 1.165) is 20.8 Å². The zero-order valence-electron chi connectivity index (χ0n) is 15.5. The van der Waals surface area contributed by atoms with Gasteiger partial charge in [-0.25, -0.2) is 14.8 Å². The van der Waals surface area contributed by atoms with E-state index in [1.165, 1.54) is 23.7 Å². The van der Waals surface area contributed by atoms with Crippen molar-refractivity contribution >= 4 is 50.9 Å². The first-order chi connectivity index (χ1) is 12.9. The second-order valence-electron chi connectivity index (χ2n) is 5.95. The molecule has 0 bridgehead atoms. The van der Waals surface area contributed by atoms with Crippen LogP contribution in [-0.4, -0.2) is 34.7 Å². The summed E-state index contributed by atoms with van der Waals surface area (Å²) in [5.41, 5.74) is 2.23. The van der Waals surface area contributed by atoms with Crippen LogP contribution in [0.4, 0.5) is 5.69 Å². The molecule has 0 aliphatic heterocycles. The van der Waals surface area contributed by atoms with Gasteiger partial charge in [-0.3, -0.25) is 4.79 Å². The molecule has 0 aliphatic rings. The molecule has 0 atom stereocenters. The van der Waals surface area contributed by atoms with E-state index in [-0.39, 0.29) is 11.7 Å². The van der Waals surface area contributed by atoms with Gasteiger partial charge in [-0.05, 0) is 50.6 Å². The Morgan fingerprint density at radius 1 is 1.15 bits per heavy atom. The summed E-state index contributed by atoms with van der Waals surface area (Å²) >= 11 is 3.05. The second kappa shape index (κ2) is 8.06. The number of methoxy groups -OCH3 is 1. The molecule has 0 aliphatic carbocycles. The lowest BCUT2D eigenvalue weighted by Gasteiger charge is -2.07. The summed E-state index contributed by atoms with van der Waals surface area (Å²) in [6.45, 7) is 5.98. The van der Waals surface area contributed by atoms with Gasteiger partial charge in [0.1, 0.15) is 15.7 Å². The first kappa shape index (κ1) is 19.3. The average molecular weight is 402 g/mol. The summed E-state index contributed by atoms with van der Waals surface area (Å²) in [5.74, 6) is 0.386. The number of esters is 1. The van der Waals surface area contributed by atoms with Crippen LogP contribution in [0.3, 0.4) is 0 Å². The van der Waals surface area contributed by atoms with E-state index in [2.05, 4.69) is 33.9 Å². The SMILES string of the molecule is COC(=O)c1ccc(NC(=O)CSc2nc(C)nc3sc(C)c(C)c23)cc1. The third kappa shape index (κ3) is 4.28. The quantitative estimate of drug-likeness (QED) is 0.393. The highest BCUT2D eigenvalue weighted by atomic mass is 32.2. The van der Waals surface area contributed by atoms with Crippen LogP contribution in [0.2, 0.25) is 0 Å². The van der Waals surface area contributed by atoms with Gasteiger partial charge >= 0.3 is 5.97 Å². The number of aromatic nitrogens is 2. The van der Waals surface area contributed by atoms with E-state index in [4.69, 9.17) is 0 Å². The van der Waals surface area contributed by atoms with E-state index >= 15 is 0 Å². The standard InChI is InChI=1S/C19H19N3O3S2/c1-10-11(2)27-18-16(10)17(20-12(3)21-18)26-9-15(23)22-14-7-5-13(6-8-14)19(24)25-4/h5-8H,9H2,1-4H3,(H,22,23). The van der Waals surface area contributed by atoms with Gasteiger partial charge in [-0.2, -0.15) is 0 Å². The first-order valence-electron chi connectivity index (χ1n) is 8.24. The van der Waals surface area contributed by atoms with E-state index in [1.54, 1.807) is 35.6 Å². The van der Waals surface area contributed by atoms with Crippen LogP contribution in [-0.2, 0) is 9.53 Å². The molecule has 0 fully saturated rings. The summed E-state index contributed by atoms with van der Waals surface area (Å²) < 4.78 is 4.66. The van der Waals surface area contributed by atoms with Crippen LogP contribution in [0.25, 0.3) is 10.2 Å². The molecule has 1 amide bonds. The minimum Gasteiger partial charge on any atom is -0.465 e. The van der Waals surface area contributed by atoms with Crippen LogP contribution < -0.4 is 5.32 Å². The topological polar surface area (TPSA) is 81.2 Å². The lowest BCUT2D eigenvalue weighted by Crippen LogP contribution is -2.14. The number of ether oxygens (including phenoxy) is 1. The summed E-state index contributed by atoms with van der Waals surface area (Å²) in [4.78, 5) is 34.9. The molecular formula is C19H19N3O3S2. The largest absolute Gasteiger partial charge is 0.465 e. The third-order valence-corrected chi connectivity index (χ3v) is 6.11. The van der Waals surface area contributed by atoms with Crippen molar-refractivity contribution in [1.82, 2.24) is 9.97 Å². The smallest absolute Gasteiger partial charge is 0.337 e. The van der Waals surface area contributed by atoms with Gasteiger partial charge in [-0.1, -0.05) is 11.8 Å². The fourth-order valence-corrected chi connectivity index (χ4v) is 4.63. The zero-order chi connectivity index (χ0) is 19.6. The third-order valence-electron chi connectivity index (χ3n) is 4.04. The summed E-state index contributed by atoms with van der Waals surface area (Å²) in [7, 11) is 1.33. The summed E-state index contributed by atoms with van der Waals surface area (Å²) in [5, 5.41) is 4.69. The Labute approximate surface area is 165 Å². The van der Waals surface area contributed by atoms with Crippen LogP contribution in [0.1, 0.15) is 26.6 Å². The molecule has 0 saturated carbocycles. The maximum atomic E-state index is 12.3. The number of carbonyl (C=O) groups is 2. The molecule has 0 radical (unpaired) electrons. The monoisotopic (exact) mass is 401 g/mol. The second-order valence-corrected chi connectivity index (χ2v) is 8.11. The lowest BCUT2D eigenvalue weighted by atomic mass is 10.2. The zero-order valence-corrected chi connectivity index (χ0v) is 17.1. The van der Waals surface area contributed by atoms with Gasteiger partial charge in [0.2, 0.25) is 5.91 Å². The number of hydrogen-bond donors (Lipinski definition) is 1. The first-order valence-corrected chi connectivity index (χ1v) is 10.0. The maximum absolute atomic E-state index is 12.3. The van der Waals surface area contributed by atoms with Crippen LogP contribution in [0.5, 0.6) is 0 Å². The highest BCUT2D eigenvalue weighted by Gasteiger charge is 2.15. The van der Waals surface area contributed by atoms with E-state index in [9.17, 15) is 9.59 Å². The van der Waals surface area contributed by atoms with Gasteiger partial charge in [0.05, 0.1) is 18.4 Å². The molecule has 3 rings (SSSR count). The minimum absolute atomic E-state index is 0.139. The van der Waals surface area contributed by atoms with Crippen molar-refractivity contribution in [3.8, 4) is 0 Å². The van der Waals surface area contributed by atoms with Gasteiger partial charge < -0.3 is 10.1 Å².